The standard InChI is InChI=1S/C15H18OS/c1-12(9-10-16)17-11-14-7-4-6-13-5-2-3-8-15(13)14/h2-8,12,16H,9-11H2,1H3. The lowest BCUT2D eigenvalue weighted by molar-refractivity contribution is 0.289. The summed E-state index contributed by atoms with van der Waals surface area (Å²) in [6, 6.07) is 15.0. The molecule has 0 aliphatic heterocycles. The molecule has 1 nitrogen and oxygen atoms in total. The Hall–Kier alpha value is -0.990. The minimum absolute atomic E-state index is 0.281. The topological polar surface area (TPSA) is 20.2 Å². The van der Waals surface area contributed by atoms with Crippen molar-refractivity contribution in [3.05, 3.63) is 48.0 Å². The molecule has 17 heavy (non-hydrogen) atoms. The van der Waals surface area contributed by atoms with Crippen molar-refractivity contribution >= 4 is 22.5 Å². The summed E-state index contributed by atoms with van der Waals surface area (Å²) in [5.74, 6) is 1.02. The van der Waals surface area contributed by atoms with E-state index in [0.717, 1.165) is 12.2 Å². The molecule has 0 spiro atoms. The van der Waals surface area contributed by atoms with Crippen LogP contribution in [0, 0.1) is 0 Å². The molecule has 0 bridgehead atoms. The second kappa shape index (κ2) is 6.08. The van der Waals surface area contributed by atoms with Crippen LogP contribution < -0.4 is 0 Å². The van der Waals surface area contributed by atoms with E-state index in [1.807, 2.05) is 11.8 Å². The summed E-state index contributed by atoms with van der Waals surface area (Å²) in [7, 11) is 0. The van der Waals surface area contributed by atoms with Crippen LogP contribution in [-0.4, -0.2) is 17.0 Å². The molecule has 1 unspecified atom stereocenters. The second-order valence-electron chi connectivity index (χ2n) is 4.27. The van der Waals surface area contributed by atoms with Crippen LogP contribution in [-0.2, 0) is 5.75 Å². The summed E-state index contributed by atoms with van der Waals surface area (Å²) < 4.78 is 0. The highest BCUT2D eigenvalue weighted by Crippen LogP contribution is 2.25. The predicted octanol–water partition coefficient (Wildman–Crippen LogP) is 3.84. The zero-order valence-corrected chi connectivity index (χ0v) is 10.9. The van der Waals surface area contributed by atoms with E-state index in [4.69, 9.17) is 5.11 Å². The van der Waals surface area contributed by atoms with Crippen molar-refractivity contribution in [1.29, 1.82) is 0 Å². The fourth-order valence-corrected chi connectivity index (χ4v) is 2.90. The zero-order chi connectivity index (χ0) is 12.1. The molecule has 0 radical (unpaired) electrons. The van der Waals surface area contributed by atoms with Crippen LogP contribution in [0.5, 0.6) is 0 Å². The van der Waals surface area contributed by atoms with Gasteiger partial charge in [-0.15, -0.1) is 0 Å². The molecule has 0 aliphatic rings. The molecule has 1 atom stereocenters. The number of hydrogen-bond donors (Lipinski definition) is 1. The lowest BCUT2D eigenvalue weighted by atomic mass is 10.1. The van der Waals surface area contributed by atoms with Gasteiger partial charge in [0.15, 0.2) is 0 Å². The average Bonchev–Trinajstić information content (AvgIpc) is 2.36. The van der Waals surface area contributed by atoms with Crippen molar-refractivity contribution in [2.75, 3.05) is 6.61 Å². The predicted molar refractivity (Wildman–Crippen MR) is 76.4 cm³/mol. The number of benzene rings is 2. The first-order chi connectivity index (χ1) is 8.31. The molecular weight excluding hydrogens is 228 g/mol. The molecule has 2 heteroatoms. The molecule has 2 aromatic rings. The van der Waals surface area contributed by atoms with Gasteiger partial charge >= 0.3 is 0 Å². The van der Waals surface area contributed by atoms with E-state index in [1.165, 1.54) is 16.3 Å². The Labute approximate surface area is 107 Å². The van der Waals surface area contributed by atoms with E-state index < -0.39 is 0 Å². The monoisotopic (exact) mass is 246 g/mol. The van der Waals surface area contributed by atoms with E-state index in [2.05, 4.69) is 49.4 Å². The largest absolute Gasteiger partial charge is 0.396 e. The van der Waals surface area contributed by atoms with Gasteiger partial charge in [0, 0.05) is 17.6 Å². The molecule has 2 aromatic carbocycles. The second-order valence-corrected chi connectivity index (χ2v) is 5.70. The van der Waals surface area contributed by atoms with Gasteiger partial charge in [0.05, 0.1) is 0 Å². The van der Waals surface area contributed by atoms with Crippen molar-refractivity contribution < 1.29 is 5.11 Å². The molecule has 2 rings (SSSR count). The average molecular weight is 246 g/mol. The van der Waals surface area contributed by atoms with Gasteiger partial charge < -0.3 is 5.11 Å². The van der Waals surface area contributed by atoms with Gasteiger partial charge in [-0.05, 0) is 22.8 Å². The van der Waals surface area contributed by atoms with Crippen LogP contribution in [0.1, 0.15) is 18.9 Å². The normalized spacial score (nSPS) is 12.8. The van der Waals surface area contributed by atoms with Gasteiger partial charge in [-0.2, -0.15) is 11.8 Å². The Morgan fingerprint density at radius 1 is 1.12 bits per heavy atom. The van der Waals surface area contributed by atoms with Gasteiger partial charge in [-0.25, -0.2) is 0 Å². The summed E-state index contributed by atoms with van der Waals surface area (Å²) in [6.45, 7) is 2.45. The van der Waals surface area contributed by atoms with Gasteiger partial charge in [0.25, 0.3) is 0 Å². The third kappa shape index (κ3) is 3.24. The lowest BCUT2D eigenvalue weighted by Gasteiger charge is -2.11. The Kier molecular flexibility index (Phi) is 4.46. The van der Waals surface area contributed by atoms with Crippen LogP contribution in [0.25, 0.3) is 10.8 Å². The highest BCUT2D eigenvalue weighted by molar-refractivity contribution is 7.99. The maximum absolute atomic E-state index is 8.89. The summed E-state index contributed by atoms with van der Waals surface area (Å²) in [4.78, 5) is 0. The van der Waals surface area contributed by atoms with Crippen molar-refractivity contribution in [2.45, 2.75) is 24.3 Å². The summed E-state index contributed by atoms with van der Waals surface area (Å²) >= 11 is 1.91. The smallest absolute Gasteiger partial charge is 0.0441 e. The summed E-state index contributed by atoms with van der Waals surface area (Å²) in [6.07, 6.45) is 0.870. The van der Waals surface area contributed by atoms with Gasteiger partial charge in [-0.3, -0.25) is 0 Å². The molecule has 1 N–H and O–H groups in total. The van der Waals surface area contributed by atoms with Crippen LogP contribution in [0.15, 0.2) is 42.5 Å². The Morgan fingerprint density at radius 2 is 1.88 bits per heavy atom. The molecule has 0 aromatic heterocycles. The molecule has 0 saturated heterocycles. The summed E-state index contributed by atoms with van der Waals surface area (Å²) in [5.41, 5.74) is 1.39. The van der Waals surface area contributed by atoms with Crippen molar-refractivity contribution in [3.63, 3.8) is 0 Å². The molecule has 0 aliphatic carbocycles. The number of aliphatic hydroxyl groups excluding tert-OH is 1. The number of aliphatic hydroxyl groups is 1. The highest BCUT2D eigenvalue weighted by Gasteiger charge is 2.04. The maximum Gasteiger partial charge on any atom is 0.0441 e. The van der Waals surface area contributed by atoms with E-state index >= 15 is 0 Å². The molecular formula is C15H18OS. The molecule has 0 fully saturated rings. The molecule has 90 valence electrons. The number of rotatable bonds is 5. The van der Waals surface area contributed by atoms with E-state index in [-0.39, 0.29) is 6.61 Å². The Morgan fingerprint density at radius 3 is 2.71 bits per heavy atom. The van der Waals surface area contributed by atoms with Gasteiger partial charge in [0.2, 0.25) is 0 Å². The van der Waals surface area contributed by atoms with Gasteiger partial charge in [0.1, 0.15) is 0 Å². The van der Waals surface area contributed by atoms with E-state index in [9.17, 15) is 0 Å². The van der Waals surface area contributed by atoms with Crippen LogP contribution >= 0.6 is 11.8 Å². The lowest BCUT2D eigenvalue weighted by Crippen LogP contribution is -2.00. The van der Waals surface area contributed by atoms with Gasteiger partial charge in [-0.1, -0.05) is 49.4 Å². The zero-order valence-electron chi connectivity index (χ0n) is 10.1. The fourth-order valence-electron chi connectivity index (χ4n) is 1.92. The van der Waals surface area contributed by atoms with E-state index in [1.54, 1.807) is 0 Å². The first-order valence-corrected chi connectivity index (χ1v) is 7.05. The molecule has 0 saturated carbocycles. The minimum Gasteiger partial charge on any atom is -0.396 e. The number of hydrogen-bond acceptors (Lipinski definition) is 2. The van der Waals surface area contributed by atoms with Crippen molar-refractivity contribution in [1.82, 2.24) is 0 Å². The SMILES string of the molecule is CC(CCO)SCc1cccc2ccccc12. The van der Waals surface area contributed by atoms with Crippen LogP contribution in [0.4, 0.5) is 0 Å². The minimum atomic E-state index is 0.281. The maximum atomic E-state index is 8.89. The highest BCUT2D eigenvalue weighted by atomic mass is 32.2. The fraction of sp³-hybridized carbons (Fsp3) is 0.333. The first-order valence-electron chi connectivity index (χ1n) is 6.00. The summed E-state index contributed by atoms with van der Waals surface area (Å²) in [5, 5.41) is 12.1. The third-order valence-corrected chi connectivity index (χ3v) is 4.22. The molecule has 0 heterocycles. The van der Waals surface area contributed by atoms with E-state index in [0.29, 0.717) is 5.25 Å². The molecule has 0 amide bonds. The first kappa shape index (κ1) is 12.5. The number of thioether (sulfide) groups is 1. The van der Waals surface area contributed by atoms with Crippen LogP contribution in [0.3, 0.4) is 0 Å². The van der Waals surface area contributed by atoms with Crippen molar-refractivity contribution in [3.8, 4) is 0 Å². The Bertz CT molecular complexity index is 476. The third-order valence-electron chi connectivity index (χ3n) is 2.94. The number of fused-ring (bicyclic) bond motifs is 1. The van der Waals surface area contributed by atoms with Crippen molar-refractivity contribution in [2.24, 2.45) is 0 Å². The Balaban J connectivity index is 2.13. The van der Waals surface area contributed by atoms with Crippen LogP contribution in [0.2, 0.25) is 0 Å². The quantitative estimate of drug-likeness (QED) is 0.865.